The van der Waals surface area contributed by atoms with E-state index in [4.69, 9.17) is 5.73 Å². The van der Waals surface area contributed by atoms with Crippen LogP contribution in [0.25, 0.3) is 0 Å². The van der Waals surface area contributed by atoms with Gasteiger partial charge in [0.1, 0.15) is 0 Å². The Balaban J connectivity index is 0. The first-order chi connectivity index (χ1) is 12.1. The highest BCUT2D eigenvalue weighted by molar-refractivity contribution is 8.93. The van der Waals surface area contributed by atoms with Gasteiger partial charge in [-0.2, -0.15) is 0 Å². The third kappa shape index (κ3) is 14.5. The molecule has 0 fully saturated rings. The molecular weight excluding hydrogens is 382 g/mol. The average Bonchev–Trinajstić information content (AvgIpc) is 2.64. The minimum absolute atomic E-state index is 0. The van der Waals surface area contributed by atoms with Crippen LogP contribution in [0.4, 0.5) is 0 Å². The van der Waals surface area contributed by atoms with Crippen LogP contribution in [0.2, 0.25) is 0 Å². The zero-order chi connectivity index (χ0) is 18.8. The number of hydrogen-bond acceptors (Lipinski definition) is 1. The molecule has 0 aliphatic carbocycles. The molecule has 0 radical (unpaired) electrons. The third-order valence-corrected chi connectivity index (χ3v) is 6.53. The molecule has 0 heterocycles. The minimum Gasteiger partial charge on any atom is -0.325 e. The summed E-state index contributed by atoms with van der Waals surface area (Å²) in [5, 5.41) is 0. The van der Waals surface area contributed by atoms with Gasteiger partial charge < -0.3 is 5.73 Å². The van der Waals surface area contributed by atoms with Gasteiger partial charge in [0.05, 0.1) is 0 Å². The predicted octanol–water partition coefficient (Wildman–Crippen LogP) is 8.98. The Bertz CT molecular complexity index is 263. The molecule has 0 aromatic rings. The van der Waals surface area contributed by atoms with E-state index >= 15 is 0 Å². The van der Waals surface area contributed by atoms with Crippen molar-refractivity contribution in [1.82, 2.24) is 0 Å². The minimum atomic E-state index is 0. The van der Waals surface area contributed by atoms with Crippen LogP contribution in [-0.2, 0) is 0 Å². The van der Waals surface area contributed by atoms with E-state index in [0.717, 1.165) is 18.8 Å². The van der Waals surface area contributed by atoms with Crippen molar-refractivity contribution in [3.05, 3.63) is 0 Å². The van der Waals surface area contributed by atoms with E-state index < -0.39 is 0 Å². The number of halogens is 1. The third-order valence-electron chi connectivity index (χ3n) is 6.53. The van der Waals surface area contributed by atoms with Gasteiger partial charge in [0.25, 0.3) is 0 Å². The Labute approximate surface area is 177 Å². The van der Waals surface area contributed by atoms with Crippen molar-refractivity contribution in [3.63, 3.8) is 0 Å². The molecule has 0 amide bonds. The smallest absolute Gasteiger partial charge is 0.0177 e. The SMILES string of the molecule is Br.CCCCCCCCCCCCCCCCC(CC)C(N)(CC)CC. The second-order valence-electron chi connectivity index (χ2n) is 8.43. The van der Waals surface area contributed by atoms with E-state index in [1.165, 1.54) is 103 Å². The summed E-state index contributed by atoms with van der Waals surface area (Å²) in [6.45, 7) is 9.14. The Morgan fingerprint density at radius 1 is 0.577 bits per heavy atom. The second-order valence-corrected chi connectivity index (χ2v) is 8.43. The van der Waals surface area contributed by atoms with Crippen LogP contribution in [0, 0.1) is 5.92 Å². The van der Waals surface area contributed by atoms with Crippen molar-refractivity contribution in [2.24, 2.45) is 11.7 Å². The Kier molecular flexibility index (Phi) is 22.2. The van der Waals surface area contributed by atoms with Gasteiger partial charge in [0.15, 0.2) is 0 Å². The number of rotatable bonds is 19. The lowest BCUT2D eigenvalue weighted by molar-refractivity contribution is 0.225. The van der Waals surface area contributed by atoms with E-state index in [2.05, 4.69) is 27.7 Å². The molecule has 0 aliphatic rings. The molecule has 0 aromatic carbocycles. The highest BCUT2D eigenvalue weighted by atomic mass is 79.9. The van der Waals surface area contributed by atoms with E-state index in [-0.39, 0.29) is 22.5 Å². The molecule has 26 heavy (non-hydrogen) atoms. The van der Waals surface area contributed by atoms with Gasteiger partial charge in [0.2, 0.25) is 0 Å². The van der Waals surface area contributed by atoms with Crippen LogP contribution in [0.15, 0.2) is 0 Å². The second kappa shape index (κ2) is 20.2. The Morgan fingerprint density at radius 3 is 1.23 bits per heavy atom. The largest absolute Gasteiger partial charge is 0.325 e. The van der Waals surface area contributed by atoms with E-state index in [1.54, 1.807) is 0 Å². The van der Waals surface area contributed by atoms with Gasteiger partial charge >= 0.3 is 0 Å². The molecule has 0 aromatic heterocycles. The summed E-state index contributed by atoms with van der Waals surface area (Å²) >= 11 is 0. The lowest BCUT2D eigenvalue weighted by Crippen LogP contribution is -2.45. The zero-order valence-corrected chi connectivity index (χ0v) is 20.5. The molecule has 1 nitrogen and oxygen atoms in total. The highest BCUT2D eigenvalue weighted by Crippen LogP contribution is 2.30. The maximum atomic E-state index is 6.61. The van der Waals surface area contributed by atoms with Gasteiger partial charge in [-0.05, 0) is 25.2 Å². The lowest BCUT2D eigenvalue weighted by Gasteiger charge is -2.36. The first kappa shape index (κ1) is 28.6. The molecule has 0 aliphatic heterocycles. The normalized spacial score (nSPS) is 12.8. The van der Waals surface area contributed by atoms with Crippen molar-refractivity contribution >= 4 is 17.0 Å². The van der Waals surface area contributed by atoms with Crippen molar-refractivity contribution in [3.8, 4) is 0 Å². The van der Waals surface area contributed by atoms with E-state index in [1.807, 2.05) is 0 Å². The van der Waals surface area contributed by atoms with Crippen molar-refractivity contribution in [2.75, 3.05) is 0 Å². The van der Waals surface area contributed by atoms with Crippen LogP contribution < -0.4 is 5.73 Å². The zero-order valence-electron chi connectivity index (χ0n) is 18.8. The van der Waals surface area contributed by atoms with Gasteiger partial charge in [-0.1, -0.05) is 124 Å². The number of hydrogen-bond donors (Lipinski definition) is 1. The summed E-state index contributed by atoms with van der Waals surface area (Å²) in [6.07, 6.45) is 25.0. The van der Waals surface area contributed by atoms with Crippen LogP contribution in [0.3, 0.4) is 0 Å². The molecule has 1 unspecified atom stereocenters. The fourth-order valence-corrected chi connectivity index (χ4v) is 4.31. The maximum absolute atomic E-state index is 6.61. The highest BCUT2D eigenvalue weighted by Gasteiger charge is 2.29. The number of nitrogens with two attached hydrogens (primary N) is 1. The first-order valence-electron chi connectivity index (χ1n) is 11.9. The predicted molar refractivity (Wildman–Crippen MR) is 127 cm³/mol. The average molecular weight is 435 g/mol. The summed E-state index contributed by atoms with van der Waals surface area (Å²) < 4.78 is 0. The lowest BCUT2D eigenvalue weighted by atomic mass is 9.76. The van der Waals surface area contributed by atoms with Gasteiger partial charge in [0, 0.05) is 5.54 Å². The van der Waals surface area contributed by atoms with Gasteiger partial charge in [-0.15, -0.1) is 17.0 Å². The maximum Gasteiger partial charge on any atom is 0.0177 e. The molecular formula is C24H52BrN. The summed E-state index contributed by atoms with van der Waals surface area (Å²) in [5.74, 6) is 0.722. The summed E-state index contributed by atoms with van der Waals surface area (Å²) in [4.78, 5) is 0. The molecule has 0 bridgehead atoms. The monoisotopic (exact) mass is 433 g/mol. The van der Waals surface area contributed by atoms with Crippen LogP contribution >= 0.6 is 17.0 Å². The van der Waals surface area contributed by atoms with Crippen molar-refractivity contribution < 1.29 is 0 Å². The van der Waals surface area contributed by atoms with Crippen molar-refractivity contribution in [2.45, 2.75) is 149 Å². The van der Waals surface area contributed by atoms with Gasteiger partial charge in [-0.3, -0.25) is 0 Å². The Hall–Kier alpha value is 0.440. The fraction of sp³-hybridized carbons (Fsp3) is 1.00. The number of unbranched alkanes of at least 4 members (excludes halogenated alkanes) is 13. The first-order valence-corrected chi connectivity index (χ1v) is 11.9. The van der Waals surface area contributed by atoms with Crippen molar-refractivity contribution in [1.29, 1.82) is 0 Å². The topological polar surface area (TPSA) is 26.0 Å². The van der Waals surface area contributed by atoms with Crippen LogP contribution in [-0.4, -0.2) is 5.54 Å². The molecule has 1 atom stereocenters. The van der Waals surface area contributed by atoms with Gasteiger partial charge in [-0.25, -0.2) is 0 Å². The summed E-state index contributed by atoms with van der Waals surface area (Å²) in [6, 6.07) is 0. The fourth-order valence-electron chi connectivity index (χ4n) is 4.31. The molecule has 0 spiro atoms. The van der Waals surface area contributed by atoms with Crippen LogP contribution in [0.5, 0.6) is 0 Å². The summed E-state index contributed by atoms with van der Waals surface area (Å²) in [5.41, 5.74) is 6.69. The Morgan fingerprint density at radius 2 is 0.923 bits per heavy atom. The molecule has 0 rings (SSSR count). The van der Waals surface area contributed by atoms with E-state index in [9.17, 15) is 0 Å². The standard InChI is InChI=1S/C24H51N.BrH/c1-5-9-10-11-12-13-14-15-16-17-18-19-20-21-22-23(6-2)24(25,7-3)8-4;/h23H,5-22,25H2,1-4H3;1H. The van der Waals surface area contributed by atoms with Crippen LogP contribution in [0.1, 0.15) is 143 Å². The molecule has 160 valence electrons. The molecule has 2 heteroatoms. The van der Waals surface area contributed by atoms with E-state index in [0.29, 0.717) is 0 Å². The molecule has 0 saturated heterocycles. The molecule has 2 N–H and O–H groups in total. The summed E-state index contributed by atoms with van der Waals surface area (Å²) in [7, 11) is 0. The molecule has 0 saturated carbocycles. The quantitative estimate of drug-likeness (QED) is 0.202.